The number of primary amides is 1. The number of nitrogens with zero attached hydrogens (tertiary/aromatic N) is 1. The van der Waals surface area contributed by atoms with Gasteiger partial charge in [-0.25, -0.2) is 0 Å². The molecule has 1 amide bonds. The van der Waals surface area contributed by atoms with E-state index in [-0.39, 0.29) is 18.8 Å². The molecule has 0 bridgehead atoms. The third kappa shape index (κ3) is 2.24. The van der Waals surface area contributed by atoms with Gasteiger partial charge in [0.05, 0.1) is 24.6 Å². The van der Waals surface area contributed by atoms with Crippen molar-refractivity contribution in [1.82, 2.24) is 4.98 Å². The van der Waals surface area contributed by atoms with Crippen LogP contribution in [0.1, 0.15) is 21.7 Å². The van der Waals surface area contributed by atoms with Crippen LogP contribution < -0.4 is 5.73 Å². The lowest BCUT2D eigenvalue weighted by atomic mass is 10.2. The van der Waals surface area contributed by atoms with Gasteiger partial charge < -0.3 is 15.9 Å². The summed E-state index contributed by atoms with van der Waals surface area (Å²) in [5.74, 6) is -0.605. The van der Waals surface area contributed by atoms with E-state index >= 15 is 0 Å². The maximum absolute atomic E-state index is 10.8. The van der Waals surface area contributed by atoms with Gasteiger partial charge in [0.15, 0.2) is 0 Å². The summed E-state index contributed by atoms with van der Waals surface area (Å²) in [6.07, 6.45) is 0. The van der Waals surface area contributed by atoms with Gasteiger partial charge in [0, 0.05) is 5.56 Å². The highest BCUT2D eigenvalue weighted by Gasteiger charge is 2.05. The molecule has 1 rings (SSSR count). The molecule has 1 aromatic heterocycles. The van der Waals surface area contributed by atoms with E-state index in [0.717, 1.165) is 0 Å². The van der Waals surface area contributed by atoms with E-state index in [1.54, 1.807) is 0 Å². The van der Waals surface area contributed by atoms with Gasteiger partial charge in [-0.05, 0) is 12.1 Å². The van der Waals surface area contributed by atoms with Crippen LogP contribution in [-0.2, 0) is 13.2 Å². The second kappa shape index (κ2) is 3.97. The average Bonchev–Trinajstić information content (AvgIpc) is 2.16. The Morgan fingerprint density at radius 2 is 1.77 bits per heavy atom. The van der Waals surface area contributed by atoms with Crippen molar-refractivity contribution in [2.24, 2.45) is 5.73 Å². The SMILES string of the molecule is NC(=O)c1cc(CO)nc(CO)c1. The van der Waals surface area contributed by atoms with Gasteiger partial charge in [-0.1, -0.05) is 0 Å². The van der Waals surface area contributed by atoms with Crippen LogP contribution in [0.25, 0.3) is 0 Å². The number of carbonyl (C=O) groups is 1. The normalized spacial score (nSPS) is 10.0. The summed E-state index contributed by atoms with van der Waals surface area (Å²) in [5, 5.41) is 17.5. The highest BCUT2D eigenvalue weighted by atomic mass is 16.3. The molecule has 1 aromatic rings. The first-order chi connectivity index (χ1) is 6.17. The zero-order valence-electron chi connectivity index (χ0n) is 6.90. The monoisotopic (exact) mass is 182 g/mol. The molecule has 0 spiro atoms. The molecule has 13 heavy (non-hydrogen) atoms. The lowest BCUT2D eigenvalue weighted by molar-refractivity contribution is 0.0999. The molecule has 1 heterocycles. The molecule has 5 heteroatoms. The van der Waals surface area contributed by atoms with Crippen molar-refractivity contribution in [3.05, 3.63) is 29.1 Å². The van der Waals surface area contributed by atoms with Gasteiger partial charge in [0.1, 0.15) is 0 Å². The largest absolute Gasteiger partial charge is 0.390 e. The molecule has 0 fully saturated rings. The Kier molecular flexibility index (Phi) is 2.94. The van der Waals surface area contributed by atoms with Crippen molar-refractivity contribution >= 4 is 5.91 Å². The van der Waals surface area contributed by atoms with Crippen LogP contribution in [0.15, 0.2) is 12.1 Å². The molecule has 4 N–H and O–H groups in total. The number of pyridine rings is 1. The third-order valence-electron chi connectivity index (χ3n) is 1.54. The fourth-order valence-corrected chi connectivity index (χ4v) is 0.954. The first-order valence-electron chi connectivity index (χ1n) is 3.68. The number of hydrogen-bond donors (Lipinski definition) is 3. The van der Waals surface area contributed by atoms with Crippen LogP contribution in [0.3, 0.4) is 0 Å². The number of amides is 1. The highest BCUT2D eigenvalue weighted by Crippen LogP contribution is 2.05. The number of aromatic nitrogens is 1. The van der Waals surface area contributed by atoms with Crippen LogP contribution in [-0.4, -0.2) is 21.1 Å². The molecule has 0 aromatic carbocycles. The van der Waals surface area contributed by atoms with Crippen LogP contribution in [0.2, 0.25) is 0 Å². The third-order valence-corrected chi connectivity index (χ3v) is 1.54. The minimum atomic E-state index is -0.605. The minimum Gasteiger partial charge on any atom is -0.390 e. The van der Waals surface area contributed by atoms with Gasteiger partial charge >= 0.3 is 0 Å². The molecular formula is C8H10N2O3. The first-order valence-corrected chi connectivity index (χ1v) is 3.68. The maximum Gasteiger partial charge on any atom is 0.248 e. The molecule has 0 saturated carbocycles. The van der Waals surface area contributed by atoms with Crippen molar-refractivity contribution in [3.8, 4) is 0 Å². The van der Waals surface area contributed by atoms with Gasteiger partial charge in [-0.2, -0.15) is 0 Å². The van der Waals surface area contributed by atoms with E-state index in [1.165, 1.54) is 12.1 Å². The molecule has 70 valence electrons. The average molecular weight is 182 g/mol. The van der Waals surface area contributed by atoms with Crippen LogP contribution in [0, 0.1) is 0 Å². The molecule has 0 aliphatic carbocycles. The van der Waals surface area contributed by atoms with Gasteiger partial charge in [-0.15, -0.1) is 0 Å². The zero-order chi connectivity index (χ0) is 9.84. The summed E-state index contributed by atoms with van der Waals surface area (Å²) in [4.78, 5) is 14.6. The first kappa shape index (κ1) is 9.63. The molecule has 0 atom stereocenters. The fraction of sp³-hybridized carbons (Fsp3) is 0.250. The molecule has 0 aliphatic heterocycles. The Labute approximate surface area is 74.8 Å². The summed E-state index contributed by atoms with van der Waals surface area (Å²) in [6, 6.07) is 2.78. The summed E-state index contributed by atoms with van der Waals surface area (Å²) >= 11 is 0. The van der Waals surface area contributed by atoms with Crippen molar-refractivity contribution in [2.75, 3.05) is 0 Å². The fourth-order valence-electron chi connectivity index (χ4n) is 0.954. The van der Waals surface area contributed by atoms with E-state index in [9.17, 15) is 4.79 Å². The molecule has 0 radical (unpaired) electrons. The van der Waals surface area contributed by atoms with E-state index in [4.69, 9.17) is 15.9 Å². The lowest BCUT2D eigenvalue weighted by Crippen LogP contribution is -2.13. The molecule has 5 nitrogen and oxygen atoms in total. The smallest absolute Gasteiger partial charge is 0.248 e. The minimum absolute atomic E-state index is 0.239. The Hall–Kier alpha value is -1.46. The van der Waals surface area contributed by atoms with E-state index in [1.807, 2.05) is 0 Å². The van der Waals surface area contributed by atoms with E-state index in [2.05, 4.69) is 4.98 Å². The number of hydrogen-bond acceptors (Lipinski definition) is 4. The quantitative estimate of drug-likeness (QED) is 0.568. The molecule has 0 saturated heterocycles. The van der Waals surface area contributed by atoms with Crippen molar-refractivity contribution in [2.45, 2.75) is 13.2 Å². The molecular weight excluding hydrogens is 172 g/mol. The second-order valence-electron chi connectivity index (χ2n) is 2.52. The van der Waals surface area contributed by atoms with Crippen LogP contribution >= 0.6 is 0 Å². The number of carbonyl (C=O) groups excluding carboxylic acids is 1. The Bertz CT molecular complexity index is 303. The topological polar surface area (TPSA) is 96.4 Å². The van der Waals surface area contributed by atoms with E-state index < -0.39 is 5.91 Å². The van der Waals surface area contributed by atoms with Crippen molar-refractivity contribution < 1.29 is 15.0 Å². The maximum atomic E-state index is 10.8. The van der Waals surface area contributed by atoms with Crippen molar-refractivity contribution in [3.63, 3.8) is 0 Å². The Morgan fingerprint density at radius 3 is 2.08 bits per heavy atom. The van der Waals surface area contributed by atoms with Gasteiger partial charge in [-0.3, -0.25) is 9.78 Å². The highest BCUT2D eigenvalue weighted by molar-refractivity contribution is 5.92. The van der Waals surface area contributed by atoms with Gasteiger partial charge in [0.2, 0.25) is 5.91 Å². The van der Waals surface area contributed by atoms with Crippen molar-refractivity contribution in [1.29, 1.82) is 0 Å². The van der Waals surface area contributed by atoms with Crippen LogP contribution in [0.4, 0.5) is 0 Å². The Morgan fingerprint density at radius 1 is 1.31 bits per heavy atom. The number of nitrogens with two attached hydrogens (primary N) is 1. The number of rotatable bonds is 3. The summed E-state index contributed by atoms with van der Waals surface area (Å²) in [5.41, 5.74) is 5.91. The molecule has 0 aliphatic rings. The predicted octanol–water partition coefficient (Wildman–Crippen LogP) is -0.835. The number of aliphatic hydroxyl groups excluding tert-OH is 2. The lowest BCUT2D eigenvalue weighted by Gasteiger charge is -2.02. The van der Waals surface area contributed by atoms with Crippen LogP contribution in [0.5, 0.6) is 0 Å². The number of aliphatic hydroxyl groups is 2. The summed E-state index contributed by atoms with van der Waals surface area (Å²) < 4.78 is 0. The summed E-state index contributed by atoms with van der Waals surface area (Å²) in [7, 11) is 0. The van der Waals surface area contributed by atoms with E-state index in [0.29, 0.717) is 11.4 Å². The zero-order valence-corrected chi connectivity index (χ0v) is 6.90. The standard InChI is InChI=1S/C8H10N2O3/c9-8(13)5-1-6(3-11)10-7(2-5)4-12/h1-2,11-12H,3-4H2,(H2,9,13). The second-order valence-corrected chi connectivity index (χ2v) is 2.52. The Balaban J connectivity index is 3.14. The summed E-state index contributed by atoms with van der Waals surface area (Å²) in [6.45, 7) is -0.567. The predicted molar refractivity (Wildman–Crippen MR) is 44.6 cm³/mol. The van der Waals surface area contributed by atoms with Gasteiger partial charge in [0.25, 0.3) is 0 Å². The molecule has 0 unspecified atom stereocenters.